The lowest BCUT2D eigenvalue weighted by molar-refractivity contribution is 0.0946. The van der Waals surface area contributed by atoms with E-state index in [0.29, 0.717) is 18.0 Å². The van der Waals surface area contributed by atoms with Crippen molar-refractivity contribution in [1.29, 1.82) is 0 Å². The molecule has 1 saturated heterocycles. The summed E-state index contributed by atoms with van der Waals surface area (Å²) in [5, 5.41) is 7.02. The van der Waals surface area contributed by atoms with Crippen LogP contribution in [0.1, 0.15) is 49.9 Å². The van der Waals surface area contributed by atoms with Gasteiger partial charge in [-0.2, -0.15) is 0 Å². The van der Waals surface area contributed by atoms with E-state index < -0.39 is 9.84 Å². The number of hydrogen-bond donors (Lipinski definition) is 2. The number of unbranched alkanes of at least 4 members (excludes halogenated alkanes) is 1. The van der Waals surface area contributed by atoms with Crippen LogP contribution in [0.4, 0.5) is 5.69 Å². The number of benzene rings is 1. The lowest BCUT2D eigenvalue weighted by Crippen LogP contribution is -2.29. The zero-order valence-electron chi connectivity index (χ0n) is 16.5. The maximum Gasteiger partial charge on any atom is 0.251 e. The summed E-state index contributed by atoms with van der Waals surface area (Å²) in [5.41, 5.74) is 1.40. The molecule has 0 aromatic heterocycles. The van der Waals surface area contributed by atoms with Crippen LogP contribution in [0.5, 0.6) is 0 Å². The number of carbonyl (C=O) groups is 1. The zero-order valence-corrected chi connectivity index (χ0v) is 18.1. The number of fused-ring (bicyclic) bond motifs is 1. The van der Waals surface area contributed by atoms with Crippen LogP contribution in [-0.4, -0.2) is 48.8 Å². The Labute approximate surface area is 171 Å². The molecule has 0 unspecified atom stereocenters. The number of aliphatic imine (C=N–C) groups is 1. The Morgan fingerprint density at radius 3 is 2.86 bits per heavy atom. The number of carbonyl (C=O) groups excluding carboxylic acids is 1. The van der Waals surface area contributed by atoms with Gasteiger partial charge in [-0.05, 0) is 30.5 Å². The largest absolute Gasteiger partial charge is 0.352 e. The Bertz CT molecular complexity index is 839. The van der Waals surface area contributed by atoms with Crippen molar-refractivity contribution in [2.75, 3.05) is 23.4 Å². The lowest BCUT2D eigenvalue weighted by Gasteiger charge is -2.15. The summed E-state index contributed by atoms with van der Waals surface area (Å²) in [5.74, 6) is 0.776. The summed E-state index contributed by atoms with van der Waals surface area (Å²) in [6.07, 6.45) is 4.57. The van der Waals surface area contributed by atoms with Crippen LogP contribution < -0.4 is 10.6 Å². The van der Waals surface area contributed by atoms with Crippen LogP contribution >= 0.6 is 11.8 Å². The molecule has 0 radical (unpaired) electrons. The van der Waals surface area contributed by atoms with Crippen LogP contribution in [0.2, 0.25) is 0 Å². The molecule has 8 heteroatoms. The molecule has 3 atom stereocenters. The number of amidine groups is 1. The quantitative estimate of drug-likeness (QED) is 0.670. The van der Waals surface area contributed by atoms with Gasteiger partial charge in [0.1, 0.15) is 0 Å². The van der Waals surface area contributed by atoms with Gasteiger partial charge in [0.05, 0.1) is 17.5 Å². The molecule has 2 N–H and O–H groups in total. The summed E-state index contributed by atoms with van der Waals surface area (Å²) >= 11 is 1.48. The summed E-state index contributed by atoms with van der Waals surface area (Å²) in [7, 11) is -2.95. The van der Waals surface area contributed by atoms with Crippen molar-refractivity contribution in [3.63, 3.8) is 0 Å². The van der Waals surface area contributed by atoms with Crippen LogP contribution in [0.25, 0.3) is 0 Å². The third kappa shape index (κ3) is 5.50. The molecule has 2 aliphatic heterocycles. The Morgan fingerprint density at radius 1 is 1.32 bits per heavy atom. The first-order valence-corrected chi connectivity index (χ1v) is 12.7. The number of hydrogen-bond acceptors (Lipinski definition) is 6. The van der Waals surface area contributed by atoms with Gasteiger partial charge in [0.15, 0.2) is 15.0 Å². The summed E-state index contributed by atoms with van der Waals surface area (Å²) in [6, 6.07) is 7.20. The second-order valence-electron chi connectivity index (χ2n) is 7.57. The van der Waals surface area contributed by atoms with E-state index in [2.05, 4.69) is 29.5 Å². The molecule has 1 aromatic carbocycles. The minimum atomic E-state index is -2.95. The molecule has 1 fully saturated rings. The molecule has 1 amide bonds. The molecule has 0 saturated carbocycles. The van der Waals surface area contributed by atoms with Gasteiger partial charge in [-0.1, -0.05) is 50.9 Å². The molecule has 0 bridgehead atoms. The van der Waals surface area contributed by atoms with E-state index in [9.17, 15) is 13.2 Å². The van der Waals surface area contributed by atoms with Gasteiger partial charge in [-0.3, -0.25) is 9.79 Å². The Kier molecular flexibility index (Phi) is 7.04. The van der Waals surface area contributed by atoms with Crippen molar-refractivity contribution < 1.29 is 13.2 Å². The molecule has 28 heavy (non-hydrogen) atoms. The first-order valence-electron chi connectivity index (χ1n) is 10.0. The van der Waals surface area contributed by atoms with Crippen molar-refractivity contribution in [2.24, 2.45) is 10.9 Å². The van der Waals surface area contributed by atoms with E-state index >= 15 is 0 Å². The smallest absolute Gasteiger partial charge is 0.251 e. The van der Waals surface area contributed by atoms with E-state index in [1.807, 2.05) is 18.2 Å². The monoisotopic (exact) mass is 423 g/mol. The van der Waals surface area contributed by atoms with E-state index in [1.54, 1.807) is 6.07 Å². The molecule has 0 spiro atoms. The minimum absolute atomic E-state index is 0.00748. The van der Waals surface area contributed by atoms with Gasteiger partial charge in [0, 0.05) is 23.0 Å². The highest BCUT2D eigenvalue weighted by Crippen LogP contribution is 2.34. The van der Waals surface area contributed by atoms with Crippen molar-refractivity contribution in [3.8, 4) is 0 Å². The SMILES string of the molecule is CCCC[C@H](CC)CNC(=O)c1cccc(NC2=N[C@H]3CS(=O)(=O)C[C@@H]3S2)c1. The van der Waals surface area contributed by atoms with Crippen molar-refractivity contribution in [2.45, 2.75) is 50.8 Å². The Morgan fingerprint density at radius 2 is 2.14 bits per heavy atom. The molecule has 2 aliphatic rings. The summed E-state index contributed by atoms with van der Waals surface area (Å²) in [4.78, 5) is 17.0. The van der Waals surface area contributed by atoms with Crippen LogP contribution in [0, 0.1) is 5.92 Å². The number of nitrogens with one attached hydrogen (secondary N) is 2. The third-order valence-corrected chi connectivity index (χ3v) is 8.43. The van der Waals surface area contributed by atoms with Crippen molar-refractivity contribution in [3.05, 3.63) is 29.8 Å². The molecule has 6 nitrogen and oxygen atoms in total. The first-order chi connectivity index (χ1) is 13.4. The van der Waals surface area contributed by atoms with Gasteiger partial charge >= 0.3 is 0 Å². The number of thioether (sulfide) groups is 1. The molecule has 3 rings (SSSR count). The van der Waals surface area contributed by atoms with E-state index in [0.717, 1.165) is 23.7 Å². The fourth-order valence-electron chi connectivity index (χ4n) is 3.56. The number of sulfone groups is 1. The van der Waals surface area contributed by atoms with Crippen molar-refractivity contribution in [1.82, 2.24) is 5.32 Å². The predicted molar refractivity (Wildman–Crippen MR) is 117 cm³/mol. The van der Waals surface area contributed by atoms with Crippen LogP contribution in [-0.2, 0) is 9.84 Å². The van der Waals surface area contributed by atoms with Gasteiger partial charge in [-0.15, -0.1) is 0 Å². The van der Waals surface area contributed by atoms with Gasteiger partial charge in [-0.25, -0.2) is 8.42 Å². The lowest BCUT2D eigenvalue weighted by atomic mass is 9.99. The van der Waals surface area contributed by atoms with Gasteiger partial charge < -0.3 is 10.6 Å². The fraction of sp³-hybridized carbons (Fsp3) is 0.600. The molecule has 0 aliphatic carbocycles. The molecular formula is C20H29N3O3S2. The van der Waals surface area contributed by atoms with E-state index in [-0.39, 0.29) is 28.7 Å². The first kappa shape index (κ1) is 21.2. The molecular weight excluding hydrogens is 394 g/mol. The normalized spacial score (nSPS) is 23.7. The highest BCUT2D eigenvalue weighted by molar-refractivity contribution is 8.15. The standard InChI is InChI=1S/C20H29N3O3S2/c1-3-5-7-14(4-2)11-21-19(24)15-8-6-9-16(10-15)22-20-23-17-12-28(25,26)13-18(17)27-20/h6,8-10,14,17-18H,3-5,7,11-13H2,1-2H3,(H,21,24)(H,22,23)/t14-,17-,18-/m0/s1. The van der Waals surface area contributed by atoms with E-state index in [4.69, 9.17) is 0 Å². The number of anilines is 1. The number of nitrogens with zero attached hydrogens (tertiary/aromatic N) is 1. The van der Waals surface area contributed by atoms with E-state index in [1.165, 1.54) is 24.6 Å². The predicted octanol–water partition coefficient (Wildman–Crippen LogP) is 3.31. The van der Waals surface area contributed by atoms with Crippen LogP contribution in [0.15, 0.2) is 29.3 Å². The zero-order chi connectivity index (χ0) is 20.1. The summed E-state index contributed by atoms with van der Waals surface area (Å²) < 4.78 is 23.3. The highest BCUT2D eigenvalue weighted by atomic mass is 32.2. The molecule has 1 aromatic rings. The van der Waals surface area contributed by atoms with Gasteiger partial charge in [0.25, 0.3) is 5.91 Å². The molecule has 2 heterocycles. The average molecular weight is 424 g/mol. The van der Waals surface area contributed by atoms with Crippen molar-refractivity contribution >= 4 is 38.4 Å². The van der Waals surface area contributed by atoms with Crippen LogP contribution in [0.3, 0.4) is 0 Å². The maximum absolute atomic E-state index is 12.5. The summed E-state index contributed by atoms with van der Waals surface area (Å²) in [6.45, 7) is 5.05. The Hall–Kier alpha value is -1.54. The molecule has 154 valence electrons. The fourth-order valence-corrected chi connectivity index (χ4v) is 7.24. The second kappa shape index (κ2) is 9.31. The number of rotatable bonds is 8. The maximum atomic E-state index is 12.5. The van der Waals surface area contributed by atoms with Gasteiger partial charge in [0.2, 0.25) is 0 Å². The average Bonchev–Trinajstić information content (AvgIpc) is 3.14. The highest BCUT2D eigenvalue weighted by Gasteiger charge is 2.42. The second-order valence-corrected chi connectivity index (χ2v) is 10.9. The Balaban J connectivity index is 1.56. The minimum Gasteiger partial charge on any atom is -0.352 e. The third-order valence-electron chi connectivity index (χ3n) is 5.29. The number of amides is 1. The topological polar surface area (TPSA) is 87.6 Å².